The summed E-state index contributed by atoms with van der Waals surface area (Å²) in [6.07, 6.45) is 8.88. The van der Waals surface area contributed by atoms with Gasteiger partial charge in [0.05, 0.1) is 0 Å². The van der Waals surface area contributed by atoms with E-state index in [0.29, 0.717) is 11.3 Å². The number of carbonyl (C=O) groups is 1. The molecule has 0 spiro atoms. The van der Waals surface area contributed by atoms with Crippen LogP contribution in [0.25, 0.3) is 0 Å². The van der Waals surface area contributed by atoms with Crippen LogP contribution in [0, 0.1) is 29.1 Å². The van der Waals surface area contributed by atoms with E-state index in [9.17, 15) is 4.79 Å². The van der Waals surface area contributed by atoms with Gasteiger partial charge in [0.25, 0.3) is 0 Å². The van der Waals surface area contributed by atoms with Crippen LogP contribution in [0.15, 0.2) is 0 Å². The Labute approximate surface area is 100.0 Å². The molecule has 0 aromatic carbocycles. The Hall–Kier alpha value is -0.330. The van der Waals surface area contributed by atoms with E-state index in [1.807, 2.05) is 0 Å². The Morgan fingerprint density at radius 1 is 1.38 bits per heavy atom. The van der Waals surface area contributed by atoms with Gasteiger partial charge in [-0.3, -0.25) is 0 Å². The van der Waals surface area contributed by atoms with Crippen LogP contribution >= 0.6 is 0 Å². The summed E-state index contributed by atoms with van der Waals surface area (Å²) in [5, 5.41) is 0. The summed E-state index contributed by atoms with van der Waals surface area (Å²) in [5.74, 6) is 3.23. The third-order valence-electron chi connectivity index (χ3n) is 5.70. The SMILES string of the molecule is C[C@H](CC=O)[C@H]1CC[C@H]2[C@@H](C)CCC[C@]12C. The number of aldehydes is 1. The van der Waals surface area contributed by atoms with Gasteiger partial charge in [-0.2, -0.15) is 0 Å². The zero-order valence-corrected chi connectivity index (χ0v) is 11.0. The standard InChI is InChI=1S/C15H26O/c1-11-5-4-9-15(3)13(11)6-7-14(15)12(2)8-10-16/h10-14H,4-9H2,1-3H3/t11-,12+,13-,14+,15-/m0/s1. The van der Waals surface area contributed by atoms with Gasteiger partial charge in [0.1, 0.15) is 6.29 Å². The first-order chi connectivity index (χ1) is 7.59. The monoisotopic (exact) mass is 222 g/mol. The summed E-state index contributed by atoms with van der Waals surface area (Å²) in [4.78, 5) is 10.7. The molecule has 2 aliphatic rings. The van der Waals surface area contributed by atoms with Gasteiger partial charge in [0, 0.05) is 6.42 Å². The van der Waals surface area contributed by atoms with Gasteiger partial charge < -0.3 is 4.79 Å². The fourth-order valence-corrected chi connectivity index (χ4v) is 4.86. The lowest BCUT2D eigenvalue weighted by Gasteiger charge is -2.45. The van der Waals surface area contributed by atoms with Crippen LogP contribution in [0.3, 0.4) is 0 Å². The van der Waals surface area contributed by atoms with E-state index in [0.717, 1.165) is 30.5 Å². The molecule has 2 rings (SSSR count). The van der Waals surface area contributed by atoms with Gasteiger partial charge in [-0.15, -0.1) is 0 Å². The maximum atomic E-state index is 10.7. The van der Waals surface area contributed by atoms with E-state index in [4.69, 9.17) is 0 Å². The second kappa shape index (κ2) is 4.50. The lowest BCUT2D eigenvalue weighted by atomic mass is 9.59. The molecule has 0 N–H and O–H groups in total. The van der Waals surface area contributed by atoms with Crippen LogP contribution in [0.4, 0.5) is 0 Å². The first kappa shape index (κ1) is 12.1. The second-order valence-corrected chi connectivity index (χ2v) is 6.55. The zero-order chi connectivity index (χ0) is 11.8. The molecular formula is C15H26O. The molecule has 0 heterocycles. The van der Waals surface area contributed by atoms with Crippen LogP contribution < -0.4 is 0 Å². The van der Waals surface area contributed by atoms with Crippen LogP contribution in [-0.2, 0) is 4.79 Å². The number of fused-ring (bicyclic) bond motifs is 1. The molecule has 1 heteroatoms. The average Bonchev–Trinajstić information content (AvgIpc) is 2.57. The molecule has 5 atom stereocenters. The van der Waals surface area contributed by atoms with E-state index in [2.05, 4.69) is 20.8 Å². The highest BCUT2D eigenvalue weighted by Gasteiger charge is 2.51. The molecule has 0 aliphatic heterocycles. The number of hydrogen-bond acceptors (Lipinski definition) is 1. The summed E-state index contributed by atoms with van der Waals surface area (Å²) in [7, 11) is 0. The van der Waals surface area contributed by atoms with Gasteiger partial charge >= 0.3 is 0 Å². The number of rotatable bonds is 3. The molecule has 16 heavy (non-hydrogen) atoms. The minimum atomic E-state index is 0.542. The minimum absolute atomic E-state index is 0.542. The third kappa shape index (κ3) is 1.83. The molecule has 2 fully saturated rings. The van der Waals surface area contributed by atoms with Crippen molar-refractivity contribution in [2.75, 3.05) is 0 Å². The lowest BCUT2D eigenvalue weighted by Crippen LogP contribution is -2.38. The molecule has 0 bridgehead atoms. The lowest BCUT2D eigenvalue weighted by molar-refractivity contribution is -0.109. The molecule has 2 aliphatic carbocycles. The summed E-state index contributed by atoms with van der Waals surface area (Å²) < 4.78 is 0. The van der Waals surface area contributed by atoms with Gasteiger partial charge in [-0.05, 0) is 48.3 Å². The highest BCUT2D eigenvalue weighted by molar-refractivity contribution is 5.49. The maximum Gasteiger partial charge on any atom is 0.120 e. The van der Waals surface area contributed by atoms with Crippen LogP contribution in [0.5, 0.6) is 0 Å². The van der Waals surface area contributed by atoms with Gasteiger partial charge in [-0.25, -0.2) is 0 Å². The number of carbonyl (C=O) groups excluding carboxylic acids is 1. The van der Waals surface area contributed by atoms with Crippen molar-refractivity contribution in [1.82, 2.24) is 0 Å². The quantitative estimate of drug-likeness (QED) is 0.658. The Bertz CT molecular complexity index is 260. The van der Waals surface area contributed by atoms with E-state index < -0.39 is 0 Å². The summed E-state index contributed by atoms with van der Waals surface area (Å²) >= 11 is 0. The molecule has 0 unspecified atom stereocenters. The minimum Gasteiger partial charge on any atom is -0.303 e. The summed E-state index contributed by atoms with van der Waals surface area (Å²) in [6, 6.07) is 0. The molecule has 0 aromatic rings. The highest BCUT2D eigenvalue weighted by atomic mass is 16.1. The Balaban J connectivity index is 2.14. The van der Waals surface area contributed by atoms with Gasteiger partial charge in [0.15, 0.2) is 0 Å². The Morgan fingerprint density at radius 3 is 2.81 bits per heavy atom. The van der Waals surface area contributed by atoms with Crippen LogP contribution in [-0.4, -0.2) is 6.29 Å². The Morgan fingerprint density at radius 2 is 2.12 bits per heavy atom. The smallest absolute Gasteiger partial charge is 0.120 e. The fraction of sp³-hybridized carbons (Fsp3) is 0.933. The molecule has 0 aromatic heterocycles. The fourth-order valence-electron chi connectivity index (χ4n) is 4.86. The van der Waals surface area contributed by atoms with Crippen LogP contribution in [0.1, 0.15) is 59.3 Å². The first-order valence-corrected chi connectivity index (χ1v) is 7.03. The first-order valence-electron chi connectivity index (χ1n) is 7.03. The van der Waals surface area contributed by atoms with Crippen molar-refractivity contribution in [3.05, 3.63) is 0 Å². The van der Waals surface area contributed by atoms with Crippen molar-refractivity contribution >= 4 is 6.29 Å². The molecule has 0 amide bonds. The van der Waals surface area contributed by atoms with Crippen molar-refractivity contribution in [3.8, 4) is 0 Å². The second-order valence-electron chi connectivity index (χ2n) is 6.55. The Kier molecular flexibility index (Phi) is 3.42. The van der Waals surface area contributed by atoms with E-state index in [1.54, 1.807) is 0 Å². The van der Waals surface area contributed by atoms with Crippen molar-refractivity contribution in [2.45, 2.75) is 59.3 Å². The summed E-state index contributed by atoms with van der Waals surface area (Å²) in [5.41, 5.74) is 0.542. The van der Waals surface area contributed by atoms with E-state index in [-0.39, 0.29) is 0 Å². The maximum absolute atomic E-state index is 10.7. The summed E-state index contributed by atoms with van der Waals surface area (Å²) in [6.45, 7) is 7.23. The average molecular weight is 222 g/mol. The molecule has 2 saturated carbocycles. The molecular weight excluding hydrogens is 196 g/mol. The molecule has 0 radical (unpaired) electrons. The molecule has 92 valence electrons. The molecule has 0 saturated heterocycles. The largest absolute Gasteiger partial charge is 0.303 e. The molecule has 1 nitrogen and oxygen atoms in total. The normalized spacial score (nSPS) is 45.1. The van der Waals surface area contributed by atoms with Crippen molar-refractivity contribution in [1.29, 1.82) is 0 Å². The third-order valence-corrected chi connectivity index (χ3v) is 5.70. The van der Waals surface area contributed by atoms with Gasteiger partial charge in [-0.1, -0.05) is 33.6 Å². The highest BCUT2D eigenvalue weighted by Crippen LogP contribution is 2.59. The van der Waals surface area contributed by atoms with Crippen LogP contribution in [0.2, 0.25) is 0 Å². The van der Waals surface area contributed by atoms with E-state index in [1.165, 1.54) is 32.1 Å². The van der Waals surface area contributed by atoms with Crippen molar-refractivity contribution in [3.63, 3.8) is 0 Å². The predicted molar refractivity (Wildman–Crippen MR) is 67.2 cm³/mol. The number of hydrogen-bond donors (Lipinski definition) is 0. The van der Waals surface area contributed by atoms with Crippen molar-refractivity contribution < 1.29 is 4.79 Å². The van der Waals surface area contributed by atoms with E-state index >= 15 is 0 Å². The van der Waals surface area contributed by atoms with Gasteiger partial charge in [0.2, 0.25) is 0 Å². The zero-order valence-electron chi connectivity index (χ0n) is 11.0. The predicted octanol–water partition coefficient (Wildman–Crippen LogP) is 4.06. The van der Waals surface area contributed by atoms with Crippen molar-refractivity contribution in [2.24, 2.45) is 29.1 Å². The topological polar surface area (TPSA) is 17.1 Å².